The fraction of sp³-hybridized carbons (Fsp3) is 0.606. The minimum Gasteiger partial charge on any atom is -0.465 e. The summed E-state index contributed by atoms with van der Waals surface area (Å²) in [6.45, 7) is 12.4. The molecule has 1 aromatic rings. The van der Waals surface area contributed by atoms with Crippen molar-refractivity contribution >= 4 is 17.8 Å². The number of amides is 2. The Kier molecular flexibility index (Phi) is 10.1. The van der Waals surface area contributed by atoms with E-state index in [1.807, 2.05) is 37.3 Å². The summed E-state index contributed by atoms with van der Waals surface area (Å²) in [5.74, 6) is -2.69. The van der Waals surface area contributed by atoms with Gasteiger partial charge >= 0.3 is 5.97 Å². The van der Waals surface area contributed by atoms with Crippen LogP contribution < -0.4 is 0 Å². The first-order valence-electron chi connectivity index (χ1n) is 15.2. The summed E-state index contributed by atoms with van der Waals surface area (Å²) in [6.07, 6.45) is 9.22. The normalized spacial score (nSPS) is 28.8. The summed E-state index contributed by atoms with van der Waals surface area (Å²) in [4.78, 5) is 46.1. The molecule has 4 rings (SSSR count). The number of esters is 1. The number of carbonyl (C=O) groups excluding carboxylic acids is 3. The highest BCUT2D eigenvalue weighted by atomic mass is 16.6. The first kappa shape index (κ1) is 31.0. The van der Waals surface area contributed by atoms with E-state index in [9.17, 15) is 19.5 Å². The topological polar surface area (TPSA) is 96.4 Å². The number of fused-ring (bicyclic) bond motifs is 1. The number of aliphatic hydroxyl groups is 1. The summed E-state index contributed by atoms with van der Waals surface area (Å²) in [6, 6.07) is 7.52. The summed E-state index contributed by atoms with van der Waals surface area (Å²) < 4.78 is 12.6. The number of hydrogen-bond donors (Lipinski definition) is 1. The predicted molar refractivity (Wildman–Crippen MR) is 157 cm³/mol. The number of aliphatic hydroxyl groups excluding tert-OH is 1. The number of unbranched alkanes of at least 4 members (excludes halogenated alkanes) is 3. The molecule has 3 aliphatic rings. The van der Waals surface area contributed by atoms with Crippen LogP contribution in [-0.2, 0) is 23.9 Å². The van der Waals surface area contributed by atoms with Gasteiger partial charge in [-0.15, -0.1) is 13.2 Å². The van der Waals surface area contributed by atoms with Crippen molar-refractivity contribution in [2.24, 2.45) is 11.8 Å². The zero-order chi connectivity index (χ0) is 29.6. The second kappa shape index (κ2) is 13.3. The van der Waals surface area contributed by atoms with Crippen LogP contribution in [0.3, 0.4) is 0 Å². The van der Waals surface area contributed by atoms with Gasteiger partial charge in [-0.2, -0.15) is 0 Å². The number of likely N-dealkylation sites (tertiary alicyclic amines) is 1. The Balaban J connectivity index is 1.79. The predicted octanol–water partition coefficient (Wildman–Crippen LogP) is 4.59. The molecule has 3 fully saturated rings. The van der Waals surface area contributed by atoms with Crippen molar-refractivity contribution < 1.29 is 29.0 Å². The first-order chi connectivity index (χ1) is 19.9. The van der Waals surface area contributed by atoms with Crippen LogP contribution in [-0.4, -0.2) is 76.2 Å². The molecule has 41 heavy (non-hydrogen) atoms. The Morgan fingerprint density at radius 2 is 1.93 bits per heavy atom. The Morgan fingerprint density at radius 3 is 2.56 bits per heavy atom. The minimum atomic E-state index is -1.18. The maximum Gasteiger partial charge on any atom is 0.312 e. The average molecular weight is 567 g/mol. The molecule has 8 heteroatoms. The van der Waals surface area contributed by atoms with Gasteiger partial charge in [-0.1, -0.05) is 69.2 Å². The maximum atomic E-state index is 14.6. The van der Waals surface area contributed by atoms with E-state index in [-0.39, 0.29) is 25.0 Å². The monoisotopic (exact) mass is 566 g/mol. The van der Waals surface area contributed by atoms with Gasteiger partial charge in [0.25, 0.3) is 0 Å². The standard InChI is InChI=1S/C33H46N2O6/c1-5-9-14-21-34(20-7-3)30(38)28-33-19-18-32(8-4,41-33)27(31(39)40-22-15-10-6-2)26(33)29(37)35(28)25(23-36)24-16-12-11-13-17-24/h6-7,11-13,16-17,25-28,36H,2-3,5,8-10,14-15,18-23H2,1,4H3/t25-,26+,27-,28?,32+,33?/m1/s1. The third kappa shape index (κ3) is 5.48. The third-order valence-electron chi connectivity index (χ3n) is 9.29. The maximum absolute atomic E-state index is 14.6. The molecule has 0 saturated carbocycles. The summed E-state index contributed by atoms with van der Waals surface area (Å²) in [7, 11) is 0. The van der Waals surface area contributed by atoms with Crippen LogP contribution in [0.2, 0.25) is 0 Å². The number of carbonyl (C=O) groups is 3. The molecular formula is C33H46N2O6. The minimum absolute atomic E-state index is 0.224. The molecular weight excluding hydrogens is 520 g/mol. The molecule has 8 nitrogen and oxygen atoms in total. The lowest BCUT2D eigenvalue weighted by Gasteiger charge is -2.39. The smallest absolute Gasteiger partial charge is 0.312 e. The van der Waals surface area contributed by atoms with Crippen molar-refractivity contribution in [2.45, 2.75) is 88.5 Å². The molecule has 3 aliphatic heterocycles. The van der Waals surface area contributed by atoms with E-state index in [1.165, 1.54) is 4.90 Å². The van der Waals surface area contributed by atoms with Crippen molar-refractivity contribution in [2.75, 3.05) is 26.3 Å². The van der Waals surface area contributed by atoms with Crippen molar-refractivity contribution in [3.63, 3.8) is 0 Å². The summed E-state index contributed by atoms with van der Waals surface area (Å²) in [5.41, 5.74) is -1.32. The number of hydrogen-bond acceptors (Lipinski definition) is 6. The lowest BCUT2D eigenvalue weighted by molar-refractivity contribution is -0.163. The Hall–Kier alpha value is -2.97. The molecule has 6 atom stereocenters. The van der Waals surface area contributed by atoms with E-state index in [0.29, 0.717) is 38.8 Å². The average Bonchev–Trinajstić information content (AvgIpc) is 3.59. The highest BCUT2D eigenvalue weighted by Crippen LogP contribution is 2.65. The molecule has 1 aromatic carbocycles. The molecule has 224 valence electrons. The van der Waals surface area contributed by atoms with E-state index in [0.717, 1.165) is 31.2 Å². The number of ether oxygens (including phenoxy) is 2. The Labute approximate surface area is 244 Å². The van der Waals surface area contributed by atoms with Crippen LogP contribution in [0.5, 0.6) is 0 Å². The Bertz CT molecular complexity index is 1110. The molecule has 0 aromatic heterocycles. The van der Waals surface area contributed by atoms with Gasteiger partial charge in [-0.05, 0) is 44.1 Å². The van der Waals surface area contributed by atoms with Crippen LogP contribution in [0.4, 0.5) is 0 Å². The Morgan fingerprint density at radius 1 is 1.17 bits per heavy atom. The largest absolute Gasteiger partial charge is 0.465 e. The van der Waals surface area contributed by atoms with Gasteiger partial charge in [0, 0.05) is 13.1 Å². The van der Waals surface area contributed by atoms with Crippen LogP contribution in [0, 0.1) is 11.8 Å². The highest BCUT2D eigenvalue weighted by Gasteiger charge is 2.79. The molecule has 2 amide bonds. The van der Waals surface area contributed by atoms with Crippen molar-refractivity contribution in [3.05, 3.63) is 61.2 Å². The van der Waals surface area contributed by atoms with Crippen molar-refractivity contribution in [1.82, 2.24) is 9.80 Å². The second-order valence-electron chi connectivity index (χ2n) is 11.6. The number of benzene rings is 1. The molecule has 2 unspecified atom stereocenters. The highest BCUT2D eigenvalue weighted by molar-refractivity contribution is 5.99. The van der Waals surface area contributed by atoms with Crippen LogP contribution in [0.15, 0.2) is 55.6 Å². The number of nitrogens with zero attached hydrogens (tertiary/aromatic N) is 2. The van der Waals surface area contributed by atoms with Crippen molar-refractivity contribution in [1.29, 1.82) is 0 Å². The van der Waals surface area contributed by atoms with Gasteiger partial charge < -0.3 is 24.4 Å². The molecule has 0 radical (unpaired) electrons. The van der Waals surface area contributed by atoms with Gasteiger partial charge in [0.1, 0.15) is 17.6 Å². The van der Waals surface area contributed by atoms with Gasteiger partial charge in [0.15, 0.2) is 0 Å². The van der Waals surface area contributed by atoms with E-state index in [4.69, 9.17) is 9.47 Å². The lowest BCUT2D eigenvalue weighted by Crippen LogP contribution is -2.57. The molecule has 1 N–H and O–H groups in total. The van der Waals surface area contributed by atoms with Crippen LogP contribution >= 0.6 is 0 Å². The fourth-order valence-electron chi connectivity index (χ4n) is 7.32. The van der Waals surface area contributed by atoms with E-state index in [1.54, 1.807) is 17.1 Å². The van der Waals surface area contributed by atoms with E-state index in [2.05, 4.69) is 20.1 Å². The van der Waals surface area contributed by atoms with Crippen LogP contribution in [0.1, 0.15) is 76.8 Å². The fourth-order valence-corrected chi connectivity index (χ4v) is 7.32. The van der Waals surface area contributed by atoms with Crippen LogP contribution in [0.25, 0.3) is 0 Å². The van der Waals surface area contributed by atoms with Gasteiger partial charge in [-0.25, -0.2) is 0 Å². The zero-order valence-corrected chi connectivity index (χ0v) is 24.6. The SMILES string of the molecule is C=CCCCOC(=O)[C@H]1[C@H]2C(=O)N([C@H](CO)c3ccccc3)C(C(=O)N(CC=C)CCCCC)C23CC[C@]1(CC)O3. The quantitative estimate of drug-likeness (QED) is 0.179. The molecule has 2 bridgehead atoms. The van der Waals surface area contributed by atoms with Gasteiger partial charge in [-0.3, -0.25) is 14.4 Å². The van der Waals surface area contributed by atoms with Gasteiger partial charge in [0.2, 0.25) is 11.8 Å². The summed E-state index contributed by atoms with van der Waals surface area (Å²) in [5, 5.41) is 10.7. The number of rotatable bonds is 16. The van der Waals surface area contributed by atoms with E-state index < -0.39 is 41.1 Å². The summed E-state index contributed by atoms with van der Waals surface area (Å²) >= 11 is 0. The zero-order valence-electron chi connectivity index (χ0n) is 24.6. The molecule has 3 saturated heterocycles. The molecule has 1 spiro atoms. The number of allylic oxidation sites excluding steroid dienone is 1. The van der Waals surface area contributed by atoms with Gasteiger partial charge in [0.05, 0.1) is 30.8 Å². The molecule has 3 heterocycles. The lowest BCUT2D eigenvalue weighted by atomic mass is 9.65. The first-order valence-corrected chi connectivity index (χ1v) is 15.2. The van der Waals surface area contributed by atoms with Crippen molar-refractivity contribution in [3.8, 4) is 0 Å². The van der Waals surface area contributed by atoms with E-state index >= 15 is 0 Å². The third-order valence-corrected chi connectivity index (χ3v) is 9.29. The second-order valence-corrected chi connectivity index (χ2v) is 11.6. The molecule has 0 aliphatic carbocycles.